The molecule has 0 radical (unpaired) electrons. The number of carbonyl (C=O) groups excluding carboxylic acids is 4. The van der Waals surface area contributed by atoms with Gasteiger partial charge in [0.25, 0.3) is 0 Å². The second-order valence-electron chi connectivity index (χ2n) is 9.25. The van der Waals surface area contributed by atoms with Crippen LogP contribution in [0.15, 0.2) is 0 Å². The van der Waals surface area contributed by atoms with Crippen molar-refractivity contribution in [1.29, 1.82) is 5.26 Å². The Kier molecular flexibility index (Phi) is 10.7. The van der Waals surface area contributed by atoms with Gasteiger partial charge in [-0.2, -0.15) is 5.26 Å². The second kappa shape index (κ2) is 12.5. The maximum absolute atomic E-state index is 12.9. The van der Waals surface area contributed by atoms with Crippen molar-refractivity contribution in [1.82, 2.24) is 10.6 Å². The Morgan fingerprint density at radius 3 is 2.30 bits per heavy atom. The van der Waals surface area contributed by atoms with Gasteiger partial charge in [-0.1, -0.05) is 34.1 Å². The number of hydrogen-bond acceptors (Lipinski definition) is 5. The highest BCUT2D eigenvalue weighted by Crippen LogP contribution is 2.25. The van der Waals surface area contributed by atoms with Gasteiger partial charge in [-0.05, 0) is 37.5 Å². The summed E-state index contributed by atoms with van der Waals surface area (Å²) in [4.78, 5) is 49.3. The lowest BCUT2D eigenvalue weighted by molar-refractivity contribution is -0.133. The minimum atomic E-state index is -0.745. The maximum Gasteiger partial charge on any atom is 0.224 e. The van der Waals surface area contributed by atoms with E-state index in [1.54, 1.807) is 0 Å². The van der Waals surface area contributed by atoms with Crippen LogP contribution in [-0.2, 0) is 19.2 Å². The van der Waals surface area contributed by atoms with Gasteiger partial charge in [-0.15, -0.1) is 0 Å². The average molecular weight is 420 g/mol. The van der Waals surface area contributed by atoms with Crippen molar-refractivity contribution < 1.29 is 19.2 Å². The third-order valence-corrected chi connectivity index (χ3v) is 5.62. The summed E-state index contributed by atoms with van der Waals surface area (Å²) in [6.07, 6.45) is 3.99. The van der Waals surface area contributed by atoms with Crippen LogP contribution in [0.1, 0.15) is 79.6 Å². The van der Waals surface area contributed by atoms with E-state index in [0.29, 0.717) is 19.3 Å². The van der Waals surface area contributed by atoms with E-state index >= 15 is 0 Å². The van der Waals surface area contributed by atoms with Gasteiger partial charge >= 0.3 is 0 Å². The predicted octanol–water partition coefficient (Wildman–Crippen LogP) is 2.93. The van der Waals surface area contributed by atoms with Crippen molar-refractivity contribution in [2.75, 3.05) is 0 Å². The van der Waals surface area contributed by atoms with Gasteiger partial charge in [0.1, 0.15) is 11.8 Å². The SMILES string of the molecule is CC(=O)N[C@H](C(=O)C[C@@H](CC(C)C)C(=O)N[C@H](C#N)C[C@@H]1CCCCC1=O)C(C)C. The van der Waals surface area contributed by atoms with Gasteiger partial charge in [-0.3, -0.25) is 19.2 Å². The van der Waals surface area contributed by atoms with Crippen molar-refractivity contribution >= 4 is 23.4 Å². The molecule has 1 aliphatic rings. The third kappa shape index (κ3) is 8.64. The van der Waals surface area contributed by atoms with Crippen molar-refractivity contribution in [3.05, 3.63) is 0 Å². The second-order valence-corrected chi connectivity index (χ2v) is 9.25. The van der Waals surface area contributed by atoms with E-state index in [1.165, 1.54) is 6.92 Å². The number of Topliss-reactive ketones (excluding diaryl/α,β-unsaturated/α-hetero) is 2. The zero-order valence-electron chi connectivity index (χ0n) is 19.0. The van der Waals surface area contributed by atoms with E-state index in [0.717, 1.165) is 19.3 Å². The molecular weight excluding hydrogens is 382 g/mol. The third-order valence-electron chi connectivity index (χ3n) is 5.62. The fourth-order valence-corrected chi connectivity index (χ4v) is 4.08. The molecule has 0 saturated heterocycles. The van der Waals surface area contributed by atoms with Gasteiger partial charge in [0.15, 0.2) is 5.78 Å². The lowest BCUT2D eigenvalue weighted by atomic mass is 9.83. The van der Waals surface area contributed by atoms with Crippen molar-refractivity contribution in [3.8, 4) is 6.07 Å². The fraction of sp³-hybridized carbons (Fsp3) is 0.783. The largest absolute Gasteiger partial charge is 0.346 e. The minimum absolute atomic E-state index is 0.00759. The molecule has 1 saturated carbocycles. The maximum atomic E-state index is 12.9. The molecule has 7 heteroatoms. The van der Waals surface area contributed by atoms with E-state index in [1.807, 2.05) is 27.7 Å². The molecule has 0 spiro atoms. The topological polar surface area (TPSA) is 116 Å². The van der Waals surface area contributed by atoms with Crippen LogP contribution in [0.4, 0.5) is 0 Å². The summed E-state index contributed by atoms with van der Waals surface area (Å²) in [6, 6.07) is 0.716. The number of nitrogens with zero attached hydrogens (tertiary/aromatic N) is 1. The summed E-state index contributed by atoms with van der Waals surface area (Å²) in [5.74, 6) is -1.30. The lowest BCUT2D eigenvalue weighted by Gasteiger charge is -2.26. The number of carbonyl (C=O) groups is 4. The molecule has 7 nitrogen and oxygen atoms in total. The number of nitriles is 1. The Labute approximate surface area is 180 Å². The summed E-state index contributed by atoms with van der Waals surface area (Å²) >= 11 is 0. The number of hydrogen-bond donors (Lipinski definition) is 2. The zero-order chi connectivity index (χ0) is 22.8. The van der Waals surface area contributed by atoms with Crippen LogP contribution < -0.4 is 10.6 Å². The van der Waals surface area contributed by atoms with E-state index in [4.69, 9.17) is 0 Å². The van der Waals surface area contributed by atoms with Crippen molar-refractivity contribution in [3.63, 3.8) is 0 Å². The molecule has 1 aliphatic carbocycles. The van der Waals surface area contributed by atoms with Crippen LogP contribution >= 0.6 is 0 Å². The average Bonchev–Trinajstić information content (AvgIpc) is 2.65. The van der Waals surface area contributed by atoms with E-state index in [2.05, 4.69) is 16.7 Å². The Hall–Kier alpha value is -2.23. The fourth-order valence-electron chi connectivity index (χ4n) is 4.08. The molecule has 0 heterocycles. The Morgan fingerprint density at radius 1 is 1.13 bits per heavy atom. The number of rotatable bonds is 11. The highest BCUT2D eigenvalue weighted by atomic mass is 16.2. The van der Waals surface area contributed by atoms with E-state index in [-0.39, 0.29) is 47.6 Å². The van der Waals surface area contributed by atoms with Gasteiger partial charge in [0.2, 0.25) is 11.8 Å². The summed E-state index contributed by atoms with van der Waals surface area (Å²) < 4.78 is 0. The Bertz CT molecular complexity index is 666. The molecule has 0 aliphatic heterocycles. The van der Waals surface area contributed by atoms with Crippen LogP contribution in [0.5, 0.6) is 0 Å². The molecule has 0 aromatic heterocycles. The standard InChI is InChI=1S/C23H37N3O4/c1-14(2)10-18(12-21(29)22(15(3)4)25-16(5)27)23(30)26-19(13-24)11-17-8-6-7-9-20(17)28/h14-15,17-19,22H,6-12H2,1-5H3,(H,25,27)(H,26,30)/t17-,18+,19-,22-/m0/s1. The molecule has 1 rings (SSSR count). The van der Waals surface area contributed by atoms with Crippen LogP contribution in [0.25, 0.3) is 0 Å². The van der Waals surface area contributed by atoms with Crippen LogP contribution in [0.2, 0.25) is 0 Å². The van der Waals surface area contributed by atoms with Crippen molar-refractivity contribution in [2.45, 2.75) is 91.6 Å². The Morgan fingerprint density at radius 2 is 1.80 bits per heavy atom. The summed E-state index contributed by atoms with van der Waals surface area (Å²) in [5, 5.41) is 14.9. The molecule has 0 bridgehead atoms. The highest BCUT2D eigenvalue weighted by Gasteiger charge is 2.31. The number of amides is 2. The minimum Gasteiger partial charge on any atom is -0.346 e. The molecule has 2 N–H and O–H groups in total. The van der Waals surface area contributed by atoms with Gasteiger partial charge in [0, 0.05) is 31.6 Å². The quantitative estimate of drug-likeness (QED) is 0.534. The number of ketones is 2. The first-order valence-corrected chi connectivity index (χ1v) is 11.1. The molecule has 30 heavy (non-hydrogen) atoms. The normalized spacial score (nSPS) is 19.7. The van der Waals surface area contributed by atoms with Gasteiger partial charge in [-0.25, -0.2) is 0 Å². The van der Waals surface area contributed by atoms with Crippen molar-refractivity contribution in [2.24, 2.45) is 23.7 Å². The van der Waals surface area contributed by atoms with Crippen LogP contribution in [0, 0.1) is 35.0 Å². The smallest absolute Gasteiger partial charge is 0.224 e. The predicted molar refractivity (Wildman–Crippen MR) is 114 cm³/mol. The summed E-state index contributed by atoms with van der Waals surface area (Å²) in [5.41, 5.74) is 0. The van der Waals surface area contributed by atoms with Crippen LogP contribution in [0.3, 0.4) is 0 Å². The summed E-state index contributed by atoms with van der Waals surface area (Å²) in [6.45, 7) is 9.01. The van der Waals surface area contributed by atoms with E-state index < -0.39 is 18.0 Å². The van der Waals surface area contributed by atoms with Gasteiger partial charge in [0.05, 0.1) is 12.1 Å². The molecule has 2 amide bonds. The number of nitrogens with one attached hydrogen (secondary N) is 2. The van der Waals surface area contributed by atoms with E-state index in [9.17, 15) is 24.4 Å². The first kappa shape index (κ1) is 25.8. The first-order valence-electron chi connectivity index (χ1n) is 11.1. The zero-order valence-corrected chi connectivity index (χ0v) is 19.0. The molecule has 0 aromatic rings. The molecular formula is C23H37N3O4. The molecule has 0 aromatic carbocycles. The lowest BCUT2D eigenvalue weighted by Crippen LogP contribution is -2.46. The molecule has 1 fully saturated rings. The Balaban J connectivity index is 2.83. The molecule has 168 valence electrons. The van der Waals surface area contributed by atoms with Crippen LogP contribution in [-0.4, -0.2) is 35.5 Å². The summed E-state index contributed by atoms with van der Waals surface area (Å²) in [7, 11) is 0. The monoisotopic (exact) mass is 419 g/mol. The molecule has 0 unspecified atom stereocenters. The first-order chi connectivity index (χ1) is 14.0. The molecule has 4 atom stereocenters. The highest BCUT2D eigenvalue weighted by molar-refractivity contribution is 5.92. The van der Waals surface area contributed by atoms with Gasteiger partial charge < -0.3 is 10.6 Å².